The highest BCUT2D eigenvalue weighted by Crippen LogP contribution is 2.23. The van der Waals surface area contributed by atoms with E-state index in [1.165, 1.54) is 18.2 Å². The SMILES string of the molecule is O=C(OCc1ccccn1)c1ccc(Cl)c(S(=O)(=O)NCc2ccccc2)c1. The van der Waals surface area contributed by atoms with Gasteiger partial charge in [0.15, 0.2) is 0 Å². The molecule has 3 rings (SSSR count). The quantitative estimate of drug-likeness (QED) is 0.595. The van der Waals surface area contributed by atoms with Crippen LogP contribution in [-0.2, 0) is 27.9 Å². The molecule has 1 aromatic heterocycles. The van der Waals surface area contributed by atoms with Crippen LogP contribution in [0.2, 0.25) is 5.02 Å². The Balaban J connectivity index is 1.73. The predicted molar refractivity (Wildman–Crippen MR) is 105 cm³/mol. The van der Waals surface area contributed by atoms with Crippen molar-refractivity contribution in [1.82, 2.24) is 9.71 Å². The number of rotatable bonds is 7. The number of ether oxygens (including phenoxy) is 1. The molecule has 28 heavy (non-hydrogen) atoms. The summed E-state index contributed by atoms with van der Waals surface area (Å²) in [6.07, 6.45) is 1.59. The van der Waals surface area contributed by atoms with E-state index in [0.29, 0.717) is 5.69 Å². The molecule has 6 nitrogen and oxygen atoms in total. The fourth-order valence-corrected chi connectivity index (χ4v) is 3.94. The second kappa shape index (κ2) is 8.97. The molecule has 1 N–H and O–H groups in total. The minimum absolute atomic E-state index is 0.0156. The van der Waals surface area contributed by atoms with Gasteiger partial charge in [-0.2, -0.15) is 0 Å². The first kappa shape index (κ1) is 20.0. The summed E-state index contributed by atoms with van der Waals surface area (Å²) in [5.74, 6) is -0.665. The van der Waals surface area contributed by atoms with Crippen LogP contribution in [0.25, 0.3) is 0 Å². The Morgan fingerprint density at radius 1 is 1.04 bits per heavy atom. The lowest BCUT2D eigenvalue weighted by molar-refractivity contribution is 0.0467. The molecule has 0 radical (unpaired) electrons. The third-order valence-corrected chi connectivity index (χ3v) is 5.73. The lowest BCUT2D eigenvalue weighted by Gasteiger charge is -2.10. The number of benzene rings is 2. The molecule has 0 unspecified atom stereocenters. The summed E-state index contributed by atoms with van der Waals surface area (Å²) >= 11 is 6.06. The molecule has 0 saturated heterocycles. The highest BCUT2D eigenvalue weighted by atomic mass is 35.5. The van der Waals surface area contributed by atoms with Gasteiger partial charge in [-0.25, -0.2) is 17.9 Å². The first-order chi connectivity index (χ1) is 13.5. The number of carbonyl (C=O) groups excluding carboxylic acids is 1. The zero-order valence-corrected chi connectivity index (χ0v) is 16.3. The van der Waals surface area contributed by atoms with Crippen molar-refractivity contribution in [2.75, 3.05) is 0 Å². The third-order valence-electron chi connectivity index (χ3n) is 3.84. The predicted octanol–water partition coefficient (Wildman–Crippen LogP) is 3.57. The number of esters is 1. The van der Waals surface area contributed by atoms with Crippen LogP contribution in [0, 0.1) is 0 Å². The number of carbonyl (C=O) groups is 1. The van der Waals surface area contributed by atoms with Crippen LogP contribution in [0.3, 0.4) is 0 Å². The fraction of sp³-hybridized carbons (Fsp3) is 0.100. The number of aromatic nitrogens is 1. The highest BCUT2D eigenvalue weighted by Gasteiger charge is 2.20. The van der Waals surface area contributed by atoms with Gasteiger partial charge in [-0.15, -0.1) is 0 Å². The lowest BCUT2D eigenvalue weighted by Crippen LogP contribution is -2.24. The van der Waals surface area contributed by atoms with Gasteiger partial charge in [-0.1, -0.05) is 48.0 Å². The maximum atomic E-state index is 12.6. The van der Waals surface area contributed by atoms with Gasteiger partial charge in [0.25, 0.3) is 0 Å². The first-order valence-electron chi connectivity index (χ1n) is 8.36. The van der Waals surface area contributed by atoms with Crippen LogP contribution in [0.5, 0.6) is 0 Å². The van der Waals surface area contributed by atoms with E-state index in [4.69, 9.17) is 16.3 Å². The minimum atomic E-state index is -3.91. The maximum Gasteiger partial charge on any atom is 0.338 e. The van der Waals surface area contributed by atoms with Crippen molar-refractivity contribution >= 4 is 27.6 Å². The first-order valence-corrected chi connectivity index (χ1v) is 10.2. The Morgan fingerprint density at radius 2 is 1.79 bits per heavy atom. The largest absolute Gasteiger partial charge is 0.456 e. The van der Waals surface area contributed by atoms with Gasteiger partial charge >= 0.3 is 5.97 Å². The molecule has 2 aromatic carbocycles. The standard InChI is InChI=1S/C20H17ClN2O4S/c21-18-10-9-16(20(24)27-14-17-8-4-5-11-22-17)12-19(18)28(25,26)23-13-15-6-2-1-3-7-15/h1-12,23H,13-14H2. The van der Waals surface area contributed by atoms with Crippen molar-refractivity contribution in [2.24, 2.45) is 0 Å². The monoisotopic (exact) mass is 416 g/mol. The number of hydrogen-bond donors (Lipinski definition) is 1. The second-order valence-electron chi connectivity index (χ2n) is 5.85. The van der Waals surface area contributed by atoms with Crippen molar-refractivity contribution in [1.29, 1.82) is 0 Å². The molecule has 0 bridgehead atoms. The van der Waals surface area contributed by atoms with Crippen molar-refractivity contribution in [3.63, 3.8) is 0 Å². The third kappa shape index (κ3) is 5.16. The molecular formula is C20H17ClN2O4S. The van der Waals surface area contributed by atoms with E-state index < -0.39 is 16.0 Å². The molecule has 0 fully saturated rings. The van der Waals surface area contributed by atoms with E-state index in [0.717, 1.165) is 5.56 Å². The second-order valence-corrected chi connectivity index (χ2v) is 8.00. The van der Waals surface area contributed by atoms with E-state index >= 15 is 0 Å². The average Bonchev–Trinajstić information content (AvgIpc) is 2.72. The lowest BCUT2D eigenvalue weighted by atomic mass is 10.2. The molecule has 144 valence electrons. The van der Waals surface area contributed by atoms with Crippen LogP contribution in [0.1, 0.15) is 21.6 Å². The molecule has 1 heterocycles. The van der Waals surface area contributed by atoms with Gasteiger partial charge in [0.2, 0.25) is 10.0 Å². The smallest absolute Gasteiger partial charge is 0.338 e. The Bertz CT molecular complexity index is 1060. The van der Waals surface area contributed by atoms with Gasteiger partial charge in [0, 0.05) is 12.7 Å². The van der Waals surface area contributed by atoms with E-state index in [1.807, 2.05) is 18.2 Å². The van der Waals surface area contributed by atoms with E-state index in [2.05, 4.69) is 9.71 Å². The summed E-state index contributed by atoms with van der Waals surface area (Å²) in [4.78, 5) is 16.2. The molecule has 8 heteroatoms. The van der Waals surface area contributed by atoms with Crippen molar-refractivity contribution in [2.45, 2.75) is 18.0 Å². The zero-order valence-electron chi connectivity index (χ0n) is 14.7. The molecule has 0 amide bonds. The molecule has 0 aliphatic heterocycles. The maximum absolute atomic E-state index is 12.6. The molecule has 0 atom stereocenters. The Hall–Kier alpha value is -2.74. The summed E-state index contributed by atoms with van der Waals surface area (Å²) in [7, 11) is -3.91. The van der Waals surface area contributed by atoms with Crippen LogP contribution >= 0.6 is 11.6 Å². The summed E-state index contributed by atoms with van der Waals surface area (Å²) in [6, 6.07) is 18.3. The van der Waals surface area contributed by atoms with Gasteiger partial charge in [-0.3, -0.25) is 4.98 Å². The van der Waals surface area contributed by atoms with Crippen molar-refractivity contribution < 1.29 is 17.9 Å². The summed E-state index contributed by atoms with van der Waals surface area (Å²) in [6.45, 7) is 0.0878. The number of hydrogen-bond acceptors (Lipinski definition) is 5. The molecule has 0 aliphatic rings. The molecular weight excluding hydrogens is 400 g/mol. The van der Waals surface area contributed by atoms with E-state index in [-0.39, 0.29) is 28.6 Å². The Morgan fingerprint density at radius 3 is 2.50 bits per heavy atom. The molecule has 0 saturated carbocycles. The van der Waals surface area contributed by atoms with Crippen molar-refractivity contribution in [3.05, 3.63) is 94.8 Å². The summed E-state index contributed by atoms with van der Waals surface area (Å²) < 4.78 is 32.9. The summed E-state index contributed by atoms with van der Waals surface area (Å²) in [5, 5.41) is 0.0156. The van der Waals surface area contributed by atoms with Crippen LogP contribution in [0.15, 0.2) is 77.8 Å². The number of sulfonamides is 1. The Kier molecular flexibility index (Phi) is 6.41. The van der Waals surface area contributed by atoms with Gasteiger partial charge in [0.05, 0.1) is 16.3 Å². The van der Waals surface area contributed by atoms with Crippen molar-refractivity contribution in [3.8, 4) is 0 Å². The summed E-state index contributed by atoms with van der Waals surface area (Å²) in [5.41, 5.74) is 1.47. The van der Waals surface area contributed by atoms with Gasteiger partial charge in [0.1, 0.15) is 11.5 Å². The van der Waals surface area contributed by atoms with E-state index in [9.17, 15) is 13.2 Å². The highest BCUT2D eigenvalue weighted by molar-refractivity contribution is 7.89. The number of nitrogens with zero attached hydrogens (tertiary/aromatic N) is 1. The van der Waals surface area contributed by atoms with Gasteiger partial charge in [-0.05, 0) is 35.9 Å². The number of nitrogens with one attached hydrogen (secondary N) is 1. The molecule has 0 spiro atoms. The van der Waals surface area contributed by atoms with E-state index in [1.54, 1.807) is 36.5 Å². The minimum Gasteiger partial charge on any atom is -0.456 e. The molecule has 0 aliphatic carbocycles. The fourth-order valence-electron chi connectivity index (χ4n) is 2.39. The Labute approximate surface area is 168 Å². The number of pyridine rings is 1. The topological polar surface area (TPSA) is 85.4 Å². The normalized spacial score (nSPS) is 11.2. The zero-order chi connectivity index (χ0) is 20.0. The number of halogens is 1. The van der Waals surface area contributed by atoms with Crippen LogP contribution in [-0.4, -0.2) is 19.4 Å². The molecule has 3 aromatic rings. The van der Waals surface area contributed by atoms with Crippen LogP contribution < -0.4 is 4.72 Å². The van der Waals surface area contributed by atoms with Crippen LogP contribution in [0.4, 0.5) is 0 Å². The van der Waals surface area contributed by atoms with Gasteiger partial charge < -0.3 is 4.74 Å². The average molecular weight is 417 g/mol.